The van der Waals surface area contributed by atoms with Gasteiger partial charge >= 0.3 is 0 Å². The van der Waals surface area contributed by atoms with Gasteiger partial charge in [-0.05, 0) is 46.8 Å². The summed E-state index contributed by atoms with van der Waals surface area (Å²) in [7, 11) is 0. The van der Waals surface area contributed by atoms with Crippen molar-refractivity contribution in [3.8, 4) is 0 Å². The Morgan fingerprint density at radius 3 is 3.08 bits per heavy atom. The summed E-state index contributed by atoms with van der Waals surface area (Å²) in [6.45, 7) is 1.03. The molecule has 0 saturated carbocycles. The van der Waals surface area contributed by atoms with E-state index in [0.29, 0.717) is 0 Å². The molecule has 0 aliphatic carbocycles. The molecule has 0 radical (unpaired) electrons. The van der Waals surface area contributed by atoms with Crippen molar-refractivity contribution < 1.29 is 5.11 Å². The topological polar surface area (TPSA) is 32.3 Å². The molecule has 0 amide bonds. The monoisotopic (exact) mass is 261 g/mol. The van der Waals surface area contributed by atoms with E-state index < -0.39 is 0 Å². The minimum atomic E-state index is -0.350. The minimum absolute atomic E-state index is 0.245. The molecule has 0 aromatic carbocycles. The lowest BCUT2D eigenvalue weighted by Crippen LogP contribution is -2.28. The van der Waals surface area contributed by atoms with Crippen LogP contribution in [-0.2, 0) is 0 Å². The average Bonchev–Trinajstić information content (AvgIpc) is 2.72. The van der Waals surface area contributed by atoms with Crippen LogP contribution in [0.2, 0.25) is 0 Å². The van der Waals surface area contributed by atoms with Gasteiger partial charge in [0.1, 0.15) is 6.10 Å². The maximum atomic E-state index is 10.0. The molecule has 1 fully saturated rings. The van der Waals surface area contributed by atoms with Crippen LogP contribution in [0.15, 0.2) is 15.9 Å². The zero-order valence-electron chi connectivity index (χ0n) is 7.16. The van der Waals surface area contributed by atoms with Crippen molar-refractivity contribution in [2.24, 2.45) is 0 Å². The van der Waals surface area contributed by atoms with Crippen molar-refractivity contribution in [3.63, 3.8) is 0 Å². The number of hydrogen-bond donors (Lipinski definition) is 2. The summed E-state index contributed by atoms with van der Waals surface area (Å²) >= 11 is 5.04. The Morgan fingerprint density at radius 2 is 2.54 bits per heavy atom. The van der Waals surface area contributed by atoms with Crippen LogP contribution < -0.4 is 5.32 Å². The van der Waals surface area contributed by atoms with Crippen LogP contribution in [0.4, 0.5) is 0 Å². The Balaban J connectivity index is 2.12. The van der Waals surface area contributed by atoms with Crippen molar-refractivity contribution >= 4 is 27.3 Å². The molecule has 2 rings (SSSR count). The molecule has 1 aromatic rings. The number of aliphatic hydroxyl groups is 1. The van der Waals surface area contributed by atoms with E-state index in [9.17, 15) is 5.11 Å². The Hall–Kier alpha value is 0.1000. The van der Waals surface area contributed by atoms with Crippen LogP contribution in [0.3, 0.4) is 0 Å². The SMILES string of the molecule is OC(c1sccc1Br)C1CCCN1. The van der Waals surface area contributed by atoms with Gasteiger partial charge in [0, 0.05) is 15.4 Å². The molecular formula is C9H12BrNOS. The van der Waals surface area contributed by atoms with Gasteiger partial charge in [0.05, 0.1) is 0 Å². The van der Waals surface area contributed by atoms with Gasteiger partial charge in [-0.3, -0.25) is 0 Å². The van der Waals surface area contributed by atoms with Gasteiger partial charge in [0.25, 0.3) is 0 Å². The molecule has 72 valence electrons. The predicted molar refractivity (Wildman–Crippen MR) is 58.0 cm³/mol. The molecule has 0 spiro atoms. The molecule has 2 atom stereocenters. The number of hydrogen-bond acceptors (Lipinski definition) is 3. The zero-order valence-corrected chi connectivity index (χ0v) is 9.57. The van der Waals surface area contributed by atoms with Crippen molar-refractivity contribution in [2.75, 3.05) is 6.54 Å². The first kappa shape index (κ1) is 9.65. The van der Waals surface area contributed by atoms with Crippen molar-refractivity contribution in [3.05, 3.63) is 20.8 Å². The van der Waals surface area contributed by atoms with Crippen molar-refractivity contribution in [1.29, 1.82) is 0 Å². The predicted octanol–water partition coefficient (Wildman–Crippen LogP) is 2.30. The third kappa shape index (κ3) is 1.96. The normalized spacial score (nSPS) is 24.9. The van der Waals surface area contributed by atoms with Crippen LogP contribution in [0.25, 0.3) is 0 Å². The number of thiophene rings is 1. The van der Waals surface area contributed by atoms with Crippen molar-refractivity contribution in [1.82, 2.24) is 5.32 Å². The standard InChI is InChI=1S/C9H12BrNOS/c10-6-3-5-13-9(6)8(12)7-2-1-4-11-7/h3,5,7-8,11-12H,1-2,4H2. The maximum Gasteiger partial charge on any atom is 0.105 e. The average molecular weight is 262 g/mol. The van der Waals surface area contributed by atoms with Crippen LogP contribution in [0.5, 0.6) is 0 Å². The first-order valence-corrected chi connectivity index (χ1v) is 6.10. The fraction of sp³-hybridized carbons (Fsp3) is 0.556. The van der Waals surface area contributed by atoms with Crippen molar-refractivity contribution in [2.45, 2.75) is 25.0 Å². The molecular weight excluding hydrogens is 250 g/mol. The summed E-state index contributed by atoms with van der Waals surface area (Å²) in [5.74, 6) is 0. The fourth-order valence-electron chi connectivity index (χ4n) is 1.68. The molecule has 1 aliphatic rings. The highest BCUT2D eigenvalue weighted by Gasteiger charge is 2.25. The van der Waals surface area contributed by atoms with E-state index in [1.54, 1.807) is 11.3 Å². The smallest absolute Gasteiger partial charge is 0.105 e. The van der Waals surface area contributed by atoms with E-state index in [1.165, 1.54) is 6.42 Å². The molecule has 13 heavy (non-hydrogen) atoms. The summed E-state index contributed by atoms with van der Waals surface area (Å²) in [6.07, 6.45) is 1.90. The number of nitrogens with one attached hydrogen (secondary N) is 1. The Labute approximate surface area is 90.1 Å². The van der Waals surface area contributed by atoms with Crippen LogP contribution in [-0.4, -0.2) is 17.7 Å². The third-order valence-electron chi connectivity index (χ3n) is 2.39. The number of aliphatic hydroxyl groups excluding tert-OH is 1. The number of halogens is 1. The Bertz CT molecular complexity index is 283. The molecule has 2 heterocycles. The summed E-state index contributed by atoms with van der Waals surface area (Å²) in [4.78, 5) is 1.04. The van der Waals surface area contributed by atoms with Gasteiger partial charge in [-0.1, -0.05) is 0 Å². The van der Waals surface area contributed by atoms with E-state index in [0.717, 1.165) is 22.3 Å². The molecule has 2 nitrogen and oxygen atoms in total. The first-order chi connectivity index (χ1) is 6.29. The van der Waals surface area contributed by atoms with Gasteiger partial charge in [0.2, 0.25) is 0 Å². The van der Waals surface area contributed by atoms with E-state index in [1.807, 2.05) is 11.4 Å². The van der Waals surface area contributed by atoms with Gasteiger partial charge in [-0.15, -0.1) is 11.3 Å². The molecule has 1 aliphatic heterocycles. The zero-order chi connectivity index (χ0) is 9.26. The summed E-state index contributed by atoms with van der Waals surface area (Å²) < 4.78 is 1.03. The second-order valence-corrected chi connectivity index (χ2v) is 5.08. The fourth-order valence-corrected chi connectivity index (χ4v) is 3.34. The number of rotatable bonds is 2. The highest BCUT2D eigenvalue weighted by Crippen LogP contribution is 2.32. The van der Waals surface area contributed by atoms with Crippen LogP contribution in [0.1, 0.15) is 23.8 Å². The van der Waals surface area contributed by atoms with Gasteiger partial charge in [0.15, 0.2) is 0 Å². The Kier molecular flexibility index (Phi) is 3.03. The third-order valence-corrected chi connectivity index (χ3v) is 4.33. The lowest BCUT2D eigenvalue weighted by atomic mass is 10.1. The first-order valence-electron chi connectivity index (χ1n) is 4.43. The summed E-state index contributed by atoms with van der Waals surface area (Å²) in [5.41, 5.74) is 0. The lowest BCUT2D eigenvalue weighted by molar-refractivity contribution is 0.140. The Morgan fingerprint density at radius 1 is 1.69 bits per heavy atom. The van der Waals surface area contributed by atoms with E-state index in [-0.39, 0.29) is 12.1 Å². The largest absolute Gasteiger partial charge is 0.386 e. The van der Waals surface area contributed by atoms with Gasteiger partial charge in [-0.25, -0.2) is 0 Å². The van der Waals surface area contributed by atoms with Crippen LogP contribution >= 0.6 is 27.3 Å². The van der Waals surface area contributed by atoms with E-state index >= 15 is 0 Å². The molecule has 4 heteroatoms. The molecule has 0 bridgehead atoms. The highest BCUT2D eigenvalue weighted by molar-refractivity contribution is 9.10. The molecule has 1 saturated heterocycles. The lowest BCUT2D eigenvalue weighted by Gasteiger charge is -2.17. The van der Waals surface area contributed by atoms with Gasteiger partial charge in [-0.2, -0.15) is 0 Å². The van der Waals surface area contributed by atoms with E-state index in [2.05, 4.69) is 21.2 Å². The second kappa shape index (κ2) is 4.09. The van der Waals surface area contributed by atoms with Gasteiger partial charge < -0.3 is 10.4 Å². The highest BCUT2D eigenvalue weighted by atomic mass is 79.9. The second-order valence-electron chi connectivity index (χ2n) is 3.28. The molecule has 2 unspecified atom stereocenters. The minimum Gasteiger partial charge on any atom is -0.386 e. The summed E-state index contributed by atoms with van der Waals surface area (Å²) in [6, 6.07) is 2.23. The quantitative estimate of drug-likeness (QED) is 0.857. The molecule has 1 aromatic heterocycles. The maximum absolute atomic E-state index is 10.0. The van der Waals surface area contributed by atoms with E-state index in [4.69, 9.17) is 0 Å². The summed E-state index contributed by atoms with van der Waals surface area (Å²) in [5, 5.41) is 15.3. The van der Waals surface area contributed by atoms with Crippen LogP contribution in [0, 0.1) is 0 Å². The molecule has 2 N–H and O–H groups in total.